The normalized spacial score (nSPS) is 17.9. The molecule has 1 unspecified atom stereocenters. The molecular weight excluding hydrogens is 366 g/mol. The minimum absolute atomic E-state index is 0.491. The quantitative estimate of drug-likeness (QED) is 0.785. The zero-order valence-corrected chi connectivity index (χ0v) is 16.1. The third kappa shape index (κ3) is 4.05. The summed E-state index contributed by atoms with van der Waals surface area (Å²) in [6.07, 6.45) is 3.00. The topological polar surface area (TPSA) is 35.5 Å². The van der Waals surface area contributed by atoms with Crippen molar-refractivity contribution in [2.75, 3.05) is 44.0 Å². The number of hydrogen-bond acceptors (Lipinski definition) is 5. The molecule has 0 aliphatic carbocycles. The summed E-state index contributed by atoms with van der Waals surface area (Å²) in [5, 5.41) is 0. The number of halogens is 1. The summed E-state index contributed by atoms with van der Waals surface area (Å²) in [4.78, 5) is 15.7. The first-order valence-corrected chi connectivity index (χ1v) is 9.02. The first-order chi connectivity index (χ1) is 11.5. The van der Waals surface area contributed by atoms with Gasteiger partial charge in [0.05, 0.1) is 0 Å². The SMILES string of the molecule is CN(C)c1nccc(N(C)C2CCN(Cc3ccc(Br)cc3)C2)n1. The molecule has 24 heavy (non-hydrogen) atoms. The Balaban J connectivity index is 1.62. The van der Waals surface area contributed by atoms with Crippen LogP contribution in [0.3, 0.4) is 0 Å². The molecule has 1 aromatic heterocycles. The number of likely N-dealkylation sites (N-methyl/N-ethyl adjacent to an activating group) is 1. The summed E-state index contributed by atoms with van der Waals surface area (Å²) in [7, 11) is 6.07. The van der Waals surface area contributed by atoms with Gasteiger partial charge in [-0.2, -0.15) is 4.98 Å². The van der Waals surface area contributed by atoms with Crippen LogP contribution in [0.4, 0.5) is 11.8 Å². The van der Waals surface area contributed by atoms with Crippen molar-refractivity contribution >= 4 is 27.7 Å². The molecule has 2 aromatic rings. The van der Waals surface area contributed by atoms with Gasteiger partial charge in [0.15, 0.2) is 0 Å². The van der Waals surface area contributed by atoms with Crippen molar-refractivity contribution in [3.63, 3.8) is 0 Å². The number of anilines is 2. The minimum Gasteiger partial charge on any atom is -0.355 e. The van der Waals surface area contributed by atoms with E-state index in [1.165, 1.54) is 5.56 Å². The van der Waals surface area contributed by atoms with E-state index in [0.29, 0.717) is 6.04 Å². The summed E-state index contributed by atoms with van der Waals surface area (Å²) >= 11 is 3.49. The maximum Gasteiger partial charge on any atom is 0.226 e. The van der Waals surface area contributed by atoms with Gasteiger partial charge in [-0.25, -0.2) is 4.98 Å². The number of likely N-dealkylation sites (tertiary alicyclic amines) is 1. The van der Waals surface area contributed by atoms with E-state index in [2.05, 4.69) is 67.0 Å². The summed E-state index contributed by atoms with van der Waals surface area (Å²) in [6, 6.07) is 11.1. The second kappa shape index (κ2) is 7.49. The van der Waals surface area contributed by atoms with Crippen molar-refractivity contribution < 1.29 is 0 Å². The van der Waals surface area contributed by atoms with Crippen molar-refractivity contribution in [1.82, 2.24) is 14.9 Å². The smallest absolute Gasteiger partial charge is 0.226 e. The van der Waals surface area contributed by atoms with Gasteiger partial charge in [0.1, 0.15) is 5.82 Å². The standard InChI is InChI=1S/C18H24BrN5/c1-22(2)18-20-10-8-17(21-18)23(3)16-9-11-24(13-16)12-14-4-6-15(19)7-5-14/h4-8,10,16H,9,11-13H2,1-3H3. The molecule has 2 heterocycles. The highest BCUT2D eigenvalue weighted by atomic mass is 79.9. The van der Waals surface area contributed by atoms with Gasteiger partial charge < -0.3 is 9.80 Å². The van der Waals surface area contributed by atoms with E-state index >= 15 is 0 Å². The van der Waals surface area contributed by atoms with Crippen LogP contribution in [-0.4, -0.2) is 55.1 Å². The predicted octanol–water partition coefficient (Wildman–Crippen LogP) is 3.02. The van der Waals surface area contributed by atoms with Gasteiger partial charge in [0.25, 0.3) is 0 Å². The second-order valence-electron chi connectivity index (χ2n) is 6.52. The van der Waals surface area contributed by atoms with E-state index in [-0.39, 0.29) is 0 Å². The molecule has 5 nitrogen and oxygen atoms in total. The number of rotatable bonds is 5. The predicted molar refractivity (Wildman–Crippen MR) is 103 cm³/mol. The molecule has 0 amide bonds. The molecule has 0 N–H and O–H groups in total. The molecule has 3 rings (SSSR count). The summed E-state index contributed by atoms with van der Waals surface area (Å²) in [6.45, 7) is 3.19. The Bertz CT molecular complexity index is 673. The second-order valence-corrected chi connectivity index (χ2v) is 7.44. The lowest BCUT2D eigenvalue weighted by atomic mass is 10.2. The van der Waals surface area contributed by atoms with Crippen LogP contribution in [0.15, 0.2) is 41.0 Å². The highest BCUT2D eigenvalue weighted by Crippen LogP contribution is 2.22. The number of hydrogen-bond donors (Lipinski definition) is 0. The van der Waals surface area contributed by atoms with Crippen molar-refractivity contribution in [2.45, 2.75) is 19.0 Å². The molecule has 1 aliphatic heterocycles. The van der Waals surface area contributed by atoms with Gasteiger partial charge in [-0.05, 0) is 30.2 Å². The molecule has 6 heteroatoms. The van der Waals surface area contributed by atoms with E-state index in [0.717, 1.165) is 42.3 Å². The Hall–Kier alpha value is -1.66. The summed E-state index contributed by atoms with van der Waals surface area (Å²) in [5.41, 5.74) is 1.36. The lowest BCUT2D eigenvalue weighted by Crippen LogP contribution is -2.35. The average molecular weight is 390 g/mol. The number of nitrogens with zero attached hydrogens (tertiary/aromatic N) is 5. The third-order valence-electron chi connectivity index (χ3n) is 4.50. The molecule has 1 aliphatic rings. The van der Waals surface area contributed by atoms with Crippen LogP contribution in [0.2, 0.25) is 0 Å². The van der Waals surface area contributed by atoms with Gasteiger partial charge in [-0.15, -0.1) is 0 Å². The lowest BCUT2D eigenvalue weighted by molar-refractivity contribution is 0.326. The van der Waals surface area contributed by atoms with Crippen molar-refractivity contribution in [3.8, 4) is 0 Å². The fourth-order valence-corrected chi connectivity index (χ4v) is 3.32. The van der Waals surface area contributed by atoms with Gasteiger partial charge >= 0.3 is 0 Å². The molecule has 1 fully saturated rings. The Labute approximate surface area is 152 Å². The van der Waals surface area contributed by atoms with E-state index in [4.69, 9.17) is 0 Å². The summed E-state index contributed by atoms with van der Waals surface area (Å²) in [5.74, 6) is 1.74. The van der Waals surface area contributed by atoms with Crippen LogP contribution < -0.4 is 9.80 Å². The maximum atomic E-state index is 4.65. The average Bonchev–Trinajstić information content (AvgIpc) is 3.05. The number of benzene rings is 1. The van der Waals surface area contributed by atoms with E-state index in [1.54, 1.807) is 0 Å². The van der Waals surface area contributed by atoms with Crippen molar-refractivity contribution in [3.05, 3.63) is 46.6 Å². The fourth-order valence-electron chi connectivity index (χ4n) is 3.06. The number of aromatic nitrogens is 2. The zero-order chi connectivity index (χ0) is 17.1. The maximum absolute atomic E-state index is 4.65. The van der Waals surface area contributed by atoms with Gasteiger partial charge in [-0.1, -0.05) is 28.1 Å². The Kier molecular flexibility index (Phi) is 5.36. The van der Waals surface area contributed by atoms with Gasteiger partial charge in [0.2, 0.25) is 5.95 Å². The molecule has 1 aromatic carbocycles. The first kappa shape index (κ1) is 17.2. The molecule has 1 saturated heterocycles. The molecular formula is C18H24BrN5. The minimum atomic E-state index is 0.491. The Morgan fingerprint density at radius 2 is 1.92 bits per heavy atom. The molecule has 0 saturated carbocycles. The lowest BCUT2D eigenvalue weighted by Gasteiger charge is -2.26. The van der Waals surface area contributed by atoms with Crippen molar-refractivity contribution in [2.24, 2.45) is 0 Å². The van der Waals surface area contributed by atoms with Crippen LogP contribution >= 0.6 is 15.9 Å². The molecule has 0 radical (unpaired) electrons. The van der Waals surface area contributed by atoms with Crippen LogP contribution in [0.1, 0.15) is 12.0 Å². The van der Waals surface area contributed by atoms with E-state index in [9.17, 15) is 0 Å². The fraction of sp³-hybridized carbons (Fsp3) is 0.444. The summed E-state index contributed by atoms with van der Waals surface area (Å²) < 4.78 is 1.13. The monoisotopic (exact) mass is 389 g/mol. The van der Waals surface area contributed by atoms with Crippen molar-refractivity contribution in [1.29, 1.82) is 0 Å². The molecule has 0 spiro atoms. The highest BCUT2D eigenvalue weighted by Gasteiger charge is 2.26. The van der Waals surface area contributed by atoms with E-state index < -0.39 is 0 Å². The highest BCUT2D eigenvalue weighted by molar-refractivity contribution is 9.10. The first-order valence-electron chi connectivity index (χ1n) is 8.23. The van der Waals surface area contributed by atoms with Crippen LogP contribution in [0.25, 0.3) is 0 Å². The third-order valence-corrected chi connectivity index (χ3v) is 5.03. The Morgan fingerprint density at radius 3 is 2.62 bits per heavy atom. The Morgan fingerprint density at radius 1 is 1.17 bits per heavy atom. The van der Waals surface area contributed by atoms with Crippen LogP contribution in [0.5, 0.6) is 0 Å². The van der Waals surface area contributed by atoms with Gasteiger partial charge in [-0.3, -0.25) is 4.90 Å². The molecule has 128 valence electrons. The van der Waals surface area contributed by atoms with Crippen LogP contribution in [-0.2, 0) is 6.54 Å². The van der Waals surface area contributed by atoms with E-state index in [1.807, 2.05) is 31.3 Å². The molecule has 1 atom stereocenters. The molecule has 0 bridgehead atoms. The zero-order valence-electron chi connectivity index (χ0n) is 14.5. The van der Waals surface area contributed by atoms with Gasteiger partial charge in [0, 0.05) is 57.5 Å². The largest absolute Gasteiger partial charge is 0.355 e. The van der Waals surface area contributed by atoms with Crippen LogP contribution in [0, 0.1) is 0 Å².